The van der Waals surface area contributed by atoms with Crippen molar-refractivity contribution in [1.82, 2.24) is 20.0 Å². The quantitative estimate of drug-likeness (QED) is 0.204. The first kappa shape index (κ1) is 36.3. The predicted octanol–water partition coefficient (Wildman–Crippen LogP) is 6.39. The SMILES string of the molecule is CNC(=O)C[C@H]1CCCN(C2CCN(CC[C@@H](/C(CN(C)C(=O)c3ccc(Cl)c(Cl)c3)=N\OC)c3ccc(Cl)c(Cl)c3)CC2)C1=O. The molecule has 0 aromatic heterocycles. The molecule has 2 aromatic carbocycles. The first-order valence-electron chi connectivity index (χ1n) is 15.5. The summed E-state index contributed by atoms with van der Waals surface area (Å²) < 4.78 is 0. The zero-order valence-corrected chi connectivity index (χ0v) is 29.4. The molecule has 2 fully saturated rings. The van der Waals surface area contributed by atoms with E-state index in [0.29, 0.717) is 37.8 Å². The highest BCUT2D eigenvalue weighted by molar-refractivity contribution is 6.42. The molecule has 2 heterocycles. The van der Waals surface area contributed by atoms with Crippen LogP contribution in [0.1, 0.15) is 60.4 Å². The molecule has 2 aromatic rings. The number of rotatable bonds is 12. The Hall–Kier alpha value is -2.56. The van der Waals surface area contributed by atoms with Crippen LogP contribution in [0, 0.1) is 5.92 Å². The van der Waals surface area contributed by atoms with E-state index in [1.54, 1.807) is 43.3 Å². The van der Waals surface area contributed by atoms with Crippen molar-refractivity contribution in [3.8, 4) is 0 Å². The molecule has 0 aliphatic carbocycles. The van der Waals surface area contributed by atoms with E-state index in [0.717, 1.165) is 57.4 Å². The Bertz CT molecular complexity index is 1430. The molecule has 250 valence electrons. The van der Waals surface area contributed by atoms with Gasteiger partial charge < -0.3 is 24.9 Å². The summed E-state index contributed by atoms with van der Waals surface area (Å²) in [5.41, 5.74) is 1.99. The van der Waals surface area contributed by atoms with Crippen molar-refractivity contribution in [3.63, 3.8) is 0 Å². The van der Waals surface area contributed by atoms with Crippen LogP contribution in [0.25, 0.3) is 0 Å². The maximum absolute atomic E-state index is 13.3. The summed E-state index contributed by atoms with van der Waals surface area (Å²) in [5, 5.41) is 8.59. The molecular weight excluding hydrogens is 672 g/mol. The number of piperidine rings is 2. The van der Waals surface area contributed by atoms with Crippen LogP contribution in [0.3, 0.4) is 0 Å². The van der Waals surface area contributed by atoms with Gasteiger partial charge in [-0.2, -0.15) is 0 Å². The third-order valence-corrected chi connectivity index (χ3v) is 10.4. The Morgan fingerprint density at radius 1 is 1.00 bits per heavy atom. The van der Waals surface area contributed by atoms with Gasteiger partial charge in [-0.15, -0.1) is 0 Å². The molecule has 0 radical (unpaired) electrons. The van der Waals surface area contributed by atoms with Crippen molar-refractivity contribution in [2.75, 3.05) is 53.9 Å². The maximum atomic E-state index is 13.3. The molecular formula is C33H41Cl4N5O4. The Morgan fingerprint density at radius 3 is 2.30 bits per heavy atom. The lowest BCUT2D eigenvalue weighted by atomic mass is 9.89. The predicted molar refractivity (Wildman–Crippen MR) is 184 cm³/mol. The van der Waals surface area contributed by atoms with Gasteiger partial charge in [0.25, 0.3) is 5.91 Å². The number of oxime groups is 1. The summed E-state index contributed by atoms with van der Waals surface area (Å²) >= 11 is 24.9. The van der Waals surface area contributed by atoms with Crippen molar-refractivity contribution in [3.05, 3.63) is 67.6 Å². The van der Waals surface area contributed by atoms with E-state index < -0.39 is 0 Å². The van der Waals surface area contributed by atoms with E-state index in [-0.39, 0.29) is 48.6 Å². The lowest BCUT2D eigenvalue weighted by Crippen LogP contribution is -2.52. The van der Waals surface area contributed by atoms with E-state index >= 15 is 0 Å². The topological polar surface area (TPSA) is 94.6 Å². The highest BCUT2D eigenvalue weighted by Gasteiger charge is 2.36. The summed E-state index contributed by atoms with van der Waals surface area (Å²) in [5.74, 6) is -0.674. The van der Waals surface area contributed by atoms with Crippen LogP contribution >= 0.6 is 46.4 Å². The molecule has 13 heteroatoms. The summed E-state index contributed by atoms with van der Waals surface area (Å²) in [6.07, 6.45) is 4.36. The fourth-order valence-electron chi connectivity index (χ4n) is 6.36. The van der Waals surface area contributed by atoms with Gasteiger partial charge in [-0.05, 0) is 74.5 Å². The van der Waals surface area contributed by atoms with Gasteiger partial charge in [-0.3, -0.25) is 14.4 Å². The summed E-state index contributed by atoms with van der Waals surface area (Å²) in [7, 11) is 4.79. The Morgan fingerprint density at radius 2 is 1.67 bits per heavy atom. The molecule has 1 N–H and O–H groups in total. The smallest absolute Gasteiger partial charge is 0.253 e. The molecule has 0 unspecified atom stereocenters. The fraction of sp³-hybridized carbons (Fsp3) is 0.515. The van der Waals surface area contributed by atoms with Crippen LogP contribution < -0.4 is 5.32 Å². The minimum atomic E-state index is -0.237. The number of hydrogen-bond donors (Lipinski definition) is 1. The van der Waals surface area contributed by atoms with Crippen molar-refractivity contribution in [1.29, 1.82) is 0 Å². The van der Waals surface area contributed by atoms with Crippen LogP contribution in [0.15, 0.2) is 41.6 Å². The second-order valence-electron chi connectivity index (χ2n) is 11.9. The molecule has 46 heavy (non-hydrogen) atoms. The monoisotopic (exact) mass is 711 g/mol. The Kier molecular flexibility index (Phi) is 13.4. The van der Waals surface area contributed by atoms with Gasteiger partial charge in [0.05, 0.1) is 32.3 Å². The highest BCUT2D eigenvalue weighted by atomic mass is 35.5. The normalized spacial score (nSPS) is 18.8. The number of amides is 3. The number of carbonyl (C=O) groups is 3. The van der Waals surface area contributed by atoms with Crippen LogP contribution in [0.4, 0.5) is 0 Å². The van der Waals surface area contributed by atoms with Crippen molar-refractivity contribution in [2.24, 2.45) is 11.1 Å². The van der Waals surface area contributed by atoms with E-state index in [1.807, 2.05) is 17.0 Å². The standard InChI is InChI=1S/C33H41Cl4N5O4/c1-38-31(43)19-22-5-4-13-42(33(22)45)24-10-14-41(15-11-24)16-12-25(21-6-8-26(34)28(36)17-21)30(39-46-3)20-40(2)32(44)23-7-9-27(35)29(37)18-23/h6-9,17-18,22,24-25H,4-5,10-16,19-20H2,1-3H3,(H,38,43)/b39-30-/t22-,25-/m1/s1. The van der Waals surface area contributed by atoms with Crippen LogP contribution in [0.5, 0.6) is 0 Å². The maximum Gasteiger partial charge on any atom is 0.253 e. The number of nitrogens with zero attached hydrogens (tertiary/aromatic N) is 4. The molecule has 2 saturated heterocycles. The summed E-state index contributed by atoms with van der Waals surface area (Å²) in [6, 6.07) is 10.5. The van der Waals surface area contributed by atoms with Gasteiger partial charge in [0.15, 0.2) is 0 Å². The van der Waals surface area contributed by atoms with Gasteiger partial charge in [0.2, 0.25) is 11.8 Å². The molecule has 9 nitrogen and oxygen atoms in total. The minimum absolute atomic E-state index is 0.0899. The molecule has 0 saturated carbocycles. The first-order valence-corrected chi connectivity index (χ1v) is 17.0. The summed E-state index contributed by atoms with van der Waals surface area (Å²) in [4.78, 5) is 49.7. The van der Waals surface area contributed by atoms with E-state index in [1.165, 1.54) is 7.11 Å². The zero-order valence-electron chi connectivity index (χ0n) is 26.4. The summed E-state index contributed by atoms with van der Waals surface area (Å²) in [6.45, 7) is 3.40. The Balaban J connectivity index is 1.44. The van der Waals surface area contributed by atoms with Crippen molar-refractivity contribution >= 4 is 69.8 Å². The zero-order chi connectivity index (χ0) is 33.4. The average molecular weight is 714 g/mol. The second-order valence-corrected chi connectivity index (χ2v) is 13.5. The number of halogens is 4. The molecule has 3 amide bonds. The third-order valence-electron chi connectivity index (χ3n) is 8.90. The van der Waals surface area contributed by atoms with Crippen LogP contribution in [0.2, 0.25) is 20.1 Å². The van der Waals surface area contributed by atoms with Crippen LogP contribution in [-0.4, -0.2) is 98.1 Å². The van der Waals surface area contributed by atoms with Gasteiger partial charge in [0.1, 0.15) is 7.11 Å². The van der Waals surface area contributed by atoms with E-state index in [4.69, 9.17) is 51.2 Å². The lowest BCUT2D eigenvalue weighted by Gasteiger charge is -2.42. The number of nitrogens with one attached hydrogen (secondary N) is 1. The number of hydrogen-bond acceptors (Lipinski definition) is 6. The van der Waals surface area contributed by atoms with Crippen LogP contribution in [-0.2, 0) is 14.4 Å². The van der Waals surface area contributed by atoms with Crippen molar-refractivity contribution < 1.29 is 19.2 Å². The van der Waals surface area contributed by atoms with E-state index in [9.17, 15) is 14.4 Å². The minimum Gasteiger partial charge on any atom is -0.399 e. The van der Waals surface area contributed by atoms with Gasteiger partial charge >= 0.3 is 0 Å². The highest BCUT2D eigenvalue weighted by Crippen LogP contribution is 2.32. The largest absolute Gasteiger partial charge is 0.399 e. The first-order chi connectivity index (χ1) is 22.0. The van der Waals surface area contributed by atoms with E-state index in [2.05, 4.69) is 15.4 Å². The number of likely N-dealkylation sites (tertiary alicyclic amines) is 2. The van der Waals surface area contributed by atoms with Gasteiger partial charge in [-0.1, -0.05) is 57.6 Å². The molecule has 4 rings (SSSR count). The van der Waals surface area contributed by atoms with Gasteiger partial charge in [0, 0.05) is 63.6 Å². The second kappa shape index (κ2) is 17.0. The molecule has 0 spiro atoms. The Labute approximate surface area is 291 Å². The lowest BCUT2D eigenvalue weighted by molar-refractivity contribution is -0.144. The van der Waals surface area contributed by atoms with Crippen molar-refractivity contribution in [2.45, 2.75) is 50.5 Å². The molecule has 2 aliphatic rings. The third kappa shape index (κ3) is 9.28. The fourth-order valence-corrected chi connectivity index (χ4v) is 6.96. The van der Waals surface area contributed by atoms with Gasteiger partial charge in [-0.25, -0.2) is 0 Å². The molecule has 2 aliphatic heterocycles. The molecule has 2 atom stereocenters. The number of benzene rings is 2. The molecule has 0 bridgehead atoms. The number of carbonyl (C=O) groups excluding carboxylic acids is 3. The average Bonchev–Trinajstić information content (AvgIpc) is 3.05.